The second kappa shape index (κ2) is 9.40. The number of thioether (sulfide) groups is 1. The van der Waals surface area contributed by atoms with Crippen LogP contribution in [0.5, 0.6) is 0 Å². The lowest BCUT2D eigenvalue weighted by Crippen LogP contribution is -2.18. The number of rotatable bonds is 2. The predicted octanol–water partition coefficient (Wildman–Crippen LogP) is 5.35. The lowest BCUT2D eigenvalue weighted by atomic mass is 9.99. The Labute approximate surface area is 129 Å². The molecule has 1 saturated carbocycles. The molecular formula is C15H24N2OS2. The Hall–Kier alpha value is -0.550. The van der Waals surface area contributed by atoms with E-state index in [4.69, 9.17) is 0 Å². The minimum atomic E-state index is 0.297. The van der Waals surface area contributed by atoms with Gasteiger partial charge in [0.1, 0.15) is 4.34 Å². The maximum Gasteiger partial charge on any atom is 0.150 e. The molecule has 1 fully saturated rings. The Kier molecular flexibility index (Phi) is 7.44. The monoisotopic (exact) mass is 312 g/mol. The SMILES string of the molecule is ON=C1CCCCCCCCCCC1Sc1nccs1. The molecule has 1 unspecified atom stereocenters. The summed E-state index contributed by atoms with van der Waals surface area (Å²) in [6.45, 7) is 0. The van der Waals surface area contributed by atoms with Gasteiger partial charge in [-0.25, -0.2) is 4.98 Å². The fourth-order valence-electron chi connectivity index (χ4n) is 2.66. The molecule has 20 heavy (non-hydrogen) atoms. The van der Waals surface area contributed by atoms with Crippen LogP contribution in [0.4, 0.5) is 0 Å². The normalized spacial score (nSPS) is 25.0. The van der Waals surface area contributed by atoms with Gasteiger partial charge in [0.05, 0.1) is 11.0 Å². The number of thiazole rings is 1. The summed E-state index contributed by atoms with van der Waals surface area (Å²) in [6, 6.07) is 0. The van der Waals surface area contributed by atoms with Crippen LogP contribution in [0.15, 0.2) is 21.1 Å². The summed E-state index contributed by atoms with van der Waals surface area (Å²) in [6.07, 6.45) is 14.2. The number of nitrogens with zero attached hydrogens (tertiary/aromatic N) is 2. The molecule has 2 rings (SSSR count). The van der Waals surface area contributed by atoms with Crippen molar-refractivity contribution in [3.63, 3.8) is 0 Å². The molecule has 3 nitrogen and oxygen atoms in total. The van der Waals surface area contributed by atoms with Gasteiger partial charge in [-0.05, 0) is 19.3 Å². The first-order chi connectivity index (χ1) is 9.90. The molecule has 0 amide bonds. The van der Waals surface area contributed by atoms with Gasteiger partial charge in [-0.2, -0.15) is 0 Å². The number of hydrogen-bond donors (Lipinski definition) is 1. The van der Waals surface area contributed by atoms with Crippen molar-refractivity contribution in [3.8, 4) is 0 Å². The van der Waals surface area contributed by atoms with Gasteiger partial charge in [0.15, 0.2) is 0 Å². The Bertz CT molecular complexity index is 393. The molecular weight excluding hydrogens is 288 g/mol. The molecule has 1 aromatic heterocycles. The maximum atomic E-state index is 9.35. The molecule has 1 N–H and O–H groups in total. The average molecular weight is 313 g/mol. The van der Waals surface area contributed by atoms with Gasteiger partial charge in [-0.3, -0.25) is 0 Å². The van der Waals surface area contributed by atoms with E-state index >= 15 is 0 Å². The summed E-state index contributed by atoms with van der Waals surface area (Å²) in [5.74, 6) is 0. The minimum Gasteiger partial charge on any atom is -0.411 e. The van der Waals surface area contributed by atoms with Crippen molar-refractivity contribution < 1.29 is 5.21 Å². The van der Waals surface area contributed by atoms with E-state index in [-0.39, 0.29) is 0 Å². The molecule has 1 aliphatic rings. The Morgan fingerprint density at radius 3 is 2.45 bits per heavy atom. The Morgan fingerprint density at radius 2 is 1.80 bits per heavy atom. The summed E-state index contributed by atoms with van der Waals surface area (Å²) in [5.41, 5.74) is 0.964. The van der Waals surface area contributed by atoms with E-state index in [0.29, 0.717) is 5.25 Å². The fourth-order valence-corrected chi connectivity index (χ4v) is 4.70. The number of aromatic nitrogens is 1. The highest BCUT2D eigenvalue weighted by molar-refractivity contribution is 8.02. The van der Waals surface area contributed by atoms with Crippen molar-refractivity contribution in [2.75, 3.05) is 0 Å². The molecule has 0 radical (unpaired) electrons. The van der Waals surface area contributed by atoms with Gasteiger partial charge >= 0.3 is 0 Å². The molecule has 112 valence electrons. The molecule has 0 saturated heterocycles. The third-order valence-corrected chi connectivity index (χ3v) is 6.04. The van der Waals surface area contributed by atoms with E-state index in [1.165, 1.54) is 44.9 Å². The minimum absolute atomic E-state index is 0.297. The van der Waals surface area contributed by atoms with Crippen molar-refractivity contribution in [2.24, 2.45) is 5.16 Å². The zero-order valence-corrected chi connectivity index (χ0v) is 13.6. The van der Waals surface area contributed by atoms with Gasteiger partial charge < -0.3 is 5.21 Å². The zero-order valence-electron chi connectivity index (χ0n) is 12.0. The number of oxime groups is 1. The summed E-state index contributed by atoms with van der Waals surface area (Å²) in [4.78, 5) is 4.35. The van der Waals surface area contributed by atoms with Crippen molar-refractivity contribution in [3.05, 3.63) is 11.6 Å². The van der Waals surface area contributed by atoms with Crippen LogP contribution in [-0.4, -0.2) is 21.2 Å². The zero-order chi connectivity index (χ0) is 14.0. The molecule has 1 heterocycles. The smallest absolute Gasteiger partial charge is 0.150 e. The van der Waals surface area contributed by atoms with Gasteiger partial charge in [0.2, 0.25) is 0 Å². The topological polar surface area (TPSA) is 45.5 Å². The van der Waals surface area contributed by atoms with Crippen LogP contribution >= 0.6 is 23.1 Å². The molecule has 1 aromatic rings. The lowest BCUT2D eigenvalue weighted by Gasteiger charge is -2.17. The largest absolute Gasteiger partial charge is 0.411 e. The highest BCUT2D eigenvalue weighted by atomic mass is 32.2. The molecule has 1 aliphatic carbocycles. The first-order valence-corrected chi connectivity index (χ1v) is 9.43. The Balaban J connectivity index is 1.97. The van der Waals surface area contributed by atoms with Crippen molar-refractivity contribution in [1.29, 1.82) is 0 Å². The molecule has 1 atom stereocenters. The average Bonchev–Trinajstić information content (AvgIpc) is 2.95. The molecule has 0 spiro atoms. The third-order valence-electron chi connectivity index (χ3n) is 3.80. The lowest BCUT2D eigenvalue weighted by molar-refractivity contribution is 0.315. The summed E-state index contributed by atoms with van der Waals surface area (Å²) >= 11 is 3.44. The van der Waals surface area contributed by atoms with Gasteiger partial charge in [-0.1, -0.05) is 61.9 Å². The third kappa shape index (κ3) is 5.44. The van der Waals surface area contributed by atoms with Gasteiger partial charge in [0, 0.05) is 11.6 Å². The van der Waals surface area contributed by atoms with Crippen molar-refractivity contribution in [2.45, 2.75) is 73.8 Å². The summed E-state index contributed by atoms with van der Waals surface area (Å²) in [5, 5.41) is 15.3. The van der Waals surface area contributed by atoms with Gasteiger partial charge in [-0.15, -0.1) is 11.3 Å². The Morgan fingerprint density at radius 1 is 1.10 bits per heavy atom. The number of hydrogen-bond acceptors (Lipinski definition) is 5. The molecule has 0 aromatic carbocycles. The second-order valence-corrected chi connectivity index (χ2v) is 7.71. The van der Waals surface area contributed by atoms with Gasteiger partial charge in [0.25, 0.3) is 0 Å². The van der Waals surface area contributed by atoms with E-state index in [1.807, 2.05) is 11.6 Å². The first-order valence-electron chi connectivity index (χ1n) is 7.67. The maximum absolute atomic E-state index is 9.35. The highest BCUT2D eigenvalue weighted by Crippen LogP contribution is 2.31. The van der Waals surface area contributed by atoms with Crippen LogP contribution in [0.25, 0.3) is 0 Å². The van der Waals surface area contributed by atoms with E-state index in [0.717, 1.165) is 29.3 Å². The molecule has 0 bridgehead atoms. The van der Waals surface area contributed by atoms with E-state index in [1.54, 1.807) is 23.1 Å². The first kappa shape index (κ1) is 15.8. The van der Waals surface area contributed by atoms with E-state index in [9.17, 15) is 5.21 Å². The predicted molar refractivity (Wildman–Crippen MR) is 87.2 cm³/mol. The van der Waals surface area contributed by atoms with Crippen molar-refractivity contribution >= 4 is 28.8 Å². The second-order valence-electron chi connectivity index (χ2n) is 5.36. The quantitative estimate of drug-likeness (QED) is 0.591. The van der Waals surface area contributed by atoms with Crippen LogP contribution in [0.3, 0.4) is 0 Å². The standard InChI is InChI=1S/C15H24N2OS2/c18-17-13-9-7-5-3-1-2-4-6-8-10-14(13)20-15-16-11-12-19-15/h11-12,14,18H,1-10H2. The van der Waals surface area contributed by atoms with E-state index in [2.05, 4.69) is 10.1 Å². The highest BCUT2D eigenvalue weighted by Gasteiger charge is 2.19. The van der Waals surface area contributed by atoms with Crippen LogP contribution in [0.1, 0.15) is 64.2 Å². The molecule has 5 heteroatoms. The fraction of sp³-hybridized carbons (Fsp3) is 0.733. The van der Waals surface area contributed by atoms with E-state index < -0.39 is 0 Å². The molecule has 0 aliphatic heterocycles. The van der Waals surface area contributed by atoms with Crippen LogP contribution in [0.2, 0.25) is 0 Å². The summed E-state index contributed by atoms with van der Waals surface area (Å²) in [7, 11) is 0. The van der Waals surface area contributed by atoms with Crippen LogP contribution in [-0.2, 0) is 0 Å². The van der Waals surface area contributed by atoms with Crippen LogP contribution < -0.4 is 0 Å². The van der Waals surface area contributed by atoms with Crippen molar-refractivity contribution in [1.82, 2.24) is 4.98 Å². The van der Waals surface area contributed by atoms with Crippen LogP contribution in [0, 0.1) is 0 Å². The summed E-state index contributed by atoms with van der Waals surface area (Å²) < 4.78 is 1.09.